The van der Waals surface area contributed by atoms with Gasteiger partial charge >= 0.3 is 0 Å². The third-order valence-electron chi connectivity index (χ3n) is 2.54. The van der Waals surface area contributed by atoms with Crippen LogP contribution in [0.2, 0.25) is 0 Å². The quantitative estimate of drug-likeness (QED) is 0.660. The second-order valence-electron chi connectivity index (χ2n) is 4.37. The summed E-state index contributed by atoms with van der Waals surface area (Å²) in [5.41, 5.74) is 0. The minimum atomic E-state index is -0.486. The van der Waals surface area contributed by atoms with Crippen molar-refractivity contribution in [3.63, 3.8) is 0 Å². The van der Waals surface area contributed by atoms with Crippen LogP contribution in [0.5, 0.6) is 0 Å². The van der Waals surface area contributed by atoms with Crippen molar-refractivity contribution in [2.24, 2.45) is 11.8 Å². The Morgan fingerprint density at radius 3 is 2.17 bits per heavy atom. The molecule has 0 aliphatic heterocycles. The first kappa shape index (κ1) is 10.0. The number of hydrogen-bond donors (Lipinski definition) is 2. The molecule has 1 saturated carbocycles. The van der Waals surface area contributed by atoms with Crippen molar-refractivity contribution < 1.29 is 10.2 Å². The van der Waals surface area contributed by atoms with Gasteiger partial charge in [-0.1, -0.05) is 13.8 Å². The molecule has 0 bridgehead atoms. The molecular weight excluding hydrogens is 152 g/mol. The standard InChI is InChI=1S/C10H20O2/c1-7(2)3-6-9(11)10(12)8-4-5-8/h7-12H,3-6H2,1-2H3. The highest BCUT2D eigenvalue weighted by molar-refractivity contribution is 4.85. The molecule has 1 fully saturated rings. The molecular formula is C10H20O2. The highest BCUT2D eigenvalue weighted by Crippen LogP contribution is 2.34. The van der Waals surface area contributed by atoms with Gasteiger partial charge in [0.25, 0.3) is 0 Å². The van der Waals surface area contributed by atoms with E-state index in [0.29, 0.717) is 11.8 Å². The molecule has 0 spiro atoms. The molecule has 0 amide bonds. The lowest BCUT2D eigenvalue weighted by Crippen LogP contribution is -2.27. The number of hydrogen-bond acceptors (Lipinski definition) is 2. The van der Waals surface area contributed by atoms with Gasteiger partial charge in [0.1, 0.15) is 0 Å². The second kappa shape index (κ2) is 4.24. The monoisotopic (exact) mass is 172 g/mol. The maximum Gasteiger partial charge on any atom is 0.0827 e. The lowest BCUT2D eigenvalue weighted by Gasteiger charge is -2.17. The van der Waals surface area contributed by atoms with Crippen molar-refractivity contribution in [1.82, 2.24) is 0 Å². The Balaban J connectivity index is 2.13. The molecule has 2 atom stereocenters. The fourth-order valence-corrected chi connectivity index (χ4v) is 1.43. The number of aliphatic hydroxyl groups is 2. The van der Waals surface area contributed by atoms with Gasteiger partial charge in [-0.15, -0.1) is 0 Å². The molecule has 1 rings (SSSR count). The lowest BCUT2D eigenvalue weighted by molar-refractivity contribution is -0.000994. The smallest absolute Gasteiger partial charge is 0.0827 e. The molecule has 0 radical (unpaired) electrons. The average Bonchev–Trinajstić information content (AvgIpc) is 2.80. The summed E-state index contributed by atoms with van der Waals surface area (Å²) in [7, 11) is 0. The minimum Gasteiger partial charge on any atom is -0.390 e. The summed E-state index contributed by atoms with van der Waals surface area (Å²) in [4.78, 5) is 0. The molecule has 2 N–H and O–H groups in total. The summed E-state index contributed by atoms with van der Waals surface area (Å²) in [6.45, 7) is 4.27. The molecule has 2 heteroatoms. The minimum absolute atomic E-state index is 0.396. The highest BCUT2D eigenvalue weighted by atomic mass is 16.3. The zero-order valence-corrected chi connectivity index (χ0v) is 8.03. The summed E-state index contributed by atoms with van der Waals surface area (Å²) in [6.07, 6.45) is 3.00. The van der Waals surface area contributed by atoms with Crippen LogP contribution in [-0.2, 0) is 0 Å². The summed E-state index contributed by atoms with van der Waals surface area (Å²) < 4.78 is 0. The Morgan fingerprint density at radius 2 is 1.75 bits per heavy atom. The summed E-state index contributed by atoms with van der Waals surface area (Å²) in [5.74, 6) is 1.01. The molecule has 0 heterocycles. The van der Waals surface area contributed by atoms with Crippen molar-refractivity contribution >= 4 is 0 Å². The first-order valence-electron chi connectivity index (χ1n) is 4.97. The van der Waals surface area contributed by atoms with Crippen LogP contribution in [0.3, 0.4) is 0 Å². The van der Waals surface area contributed by atoms with Gasteiger partial charge in [-0.3, -0.25) is 0 Å². The maximum absolute atomic E-state index is 9.53. The van der Waals surface area contributed by atoms with Crippen LogP contribution in [0.4, 0.5) is 0 Å². The van der Waals surface area contributed by atoms with Gasteiger partial charge in [0.05, 0.1) is 12.2 Å². The number of rotatable bonds is 5. The van der Waals surface area contributed by atoms with E-state index in [-0.39, 0.29) is 0 Å². The third-order valence-corrected chi connectivity index (χ3v) is 2.54. The predicted octanol–water partition coefficient (Wildman–Crippen LogP) is 1.55. The van der Waals surface area contributed by atoms with E-state index in [1.54, 1.807) is 0 Å². The van der Waals surface area contributed by atoms with Gasteiger partial charge in [0.15, 0.2) is 0 Å². The Bertz CT molecular complexity index is 130. The SMILES string of the molecule is CC(C)CCC(O)C(O)C1CC1. The van der Waals surface area contributed by atoms with Gasteiger partial charge in [0, 0.05) is 0 Å². The Morgan fingerprint density at radius 1 is 1.17 bits per heavy atom. The lowest BCUT2D eigenvalue weighted by atomic mass is 10.00. The third kappa shape index (κ3) is 3.11. The first-order chi connectivity index (χ1) is 5.61. The van der Waals surface area contributed by atoms with Crippen LogP contribution in [0.15, 0.2) is 0 Å². The largest absolute Gasteiger partial charge is 0.390 e. The first-order valence-corrected chi connectivity index (χ1v) is 4.97. The molecule has 0 aromatic heterocycles. The maximum atomic E-state index is 9.53. The van der Waals surface area contributed by atoms with E-state index in [9.17, 15) is 10.2 Å². The van der Waals surface area contributed by atoms with E-state index in [4.69, 9.17) is 0 Å². The highest BCUT2D eigenvalue weighted by Gasteiger charge is 2.33. The van der Waals surface area contributed by atoms with Gasteiger partial charge in [-0.25, -0.2) is 0 Å². The Hall–Kier alpha value is -0.0800. The van der Waals surface area contributed by atoms with Crippen LogP contribution in [0.25, 0.3) is 0 Å². The number of aliphatic hydroxyl groups excluding tert-OH is 2. The van der Waals surface area contributed by atoms with Crippen LogP contribution >= 0.6 is 0 Å². The Labute approximate surface area is 74.6 Å². The molecule has 1 aliphatic rings. The van der Waals surface area contributed by atoms with Gasteiger partial charge < -0.3 is 10.2 Å². The molecule has 2 nitrogen and oxygen atoms in total. The Kier molecular flexibility index (Phi) is 3.53. The topological polar surface area (TPSA) is 40.5 Å². The summed E-state index contributed by atoms with van der Waals surface area (Å²) in [6, 6.07) is 0. The normalized spacial score (nSPS) is 22.8. The van der Waals surface area contributed by atoms with E-state index in [1.165, 1.54) is 0 Å². The van der Waals surface area contributed by atoms with E-state index in [2.05, 4.69) is 13.8 Å². The van der Waals surface area contributed by atoms with Crippen molar-refractivity contribution in [1.29, 1.82) is 0 Å². The van der Waals surface area contributed by atoms with E-state index < -0.39 is 12.2 Å². The van der Waals surface area contributed by atoms with Crippen LogP contribution in [0, 0.1) is 11.8 Å². The fourth-order valence-electron chi connectivity index (χ4n) is 1.43. The molecule has 1 aliphatic carbocycles. The van der Waals surface area contributed by atoms with Crippen molar-refractivity contribution in [2.45, 2.75) is 51.7 Å². The second-order valence-corrected chi connectivity index (χ2v) is 4.37. The van der Waals surface area contributed by atoms with E-state index in [1.807, 2.05) is 0 Å². The van der Waals surface area contributed by atoms with Crippen LogP contribution < -0.4 is 0 Å². The predicted molar refractivity (Wildman–Crippen MR) is 48.8 cm³/mol. The van der Waals surface area contributed by atoms with Gasteiger partial charge in [-0.05, 0) is 37.5 Å². The van der Waals surface area contributed by atoms with Gasteiger partial charge in [0.2, 0.25) is 0 Å². The zero-order chi connectivity index (χ0) is 9.14. The van der Waals surface area contributed by atoms with E-state index >= 15 is 0 Å². The molecule has 72 valence electrons. The van der Waals surface area contributed by atoms with E-state index in [0.717, 1.165) is 25.7 Å². The van der Waals surface area contributed by atoms with Crippen molar-refractivity contribution in [2.75, 3.05) is 0 Å². The van der Waals surface area contributed by atoms with Gasteiger partial charge in [-0.2, -0.15) is 0 Å². The summed E-state index contributed by atoms with van der Waals surface area (Å²) >= 11 is 0. The summed E-state index contributed by atoms with van der Waals surface area (Å²) in [5, 5.41) is 19.0. The average molecular weight is 172 g/mol. The van der Waals surface area contributed by atoms with Crippen LogP contribution in [-0.4, -0.2) is 22.4 Å². The van der Waals surface area contributed by atoms with Crippen molar-refractivity contribution in [3.05, 3.63) is 0 Å². The molecule has 0 aromatic carbocycles. The fraction of sp³-hybridized carbons (Fsp3) is 1.00. The molecule has 2 unspecified atom stereocenters. The molecule has 0 aromatic rings. The van der Waals surface area contributed by atoms with Crippen LogP contribution in [0.1, 0.15) is 39.5 Å². The zero-order valence-electron chi connectivity index (χ0n) is 8.03. The molecule has 0 saturated heterocycles. The van der Waals surface area contributed by atoms with Crippen molar-refractivity contribution in [3.8, 4) is 0 Å². The molecule has 12 heavy (non-hydrogen) atoms.